The molecular formula is C11H16N2O2. The average molecular weight is 208 g/mol. The van der Waals surface area contributed by atoms with E-state index >= 15 is 0 Å². The average Bonchev–Trinajstić information content (AvgIpc) is 2.28. The van der Waals surface area contributed by atoms with Crippen molar-refractivity contribution < 1.29 is 9.47 Å². The van der Waals surface area contributed by atoms with Crippen LogP contribution in [0, 0.1) is 0 Å². The van der Waals surface area contributed by atoms with Crippen LogP contribution < -0.4 is 10.5 Å². The number of hydrogen-bond acceptors (Lipinski definition) is 4. The van der Waals surface area contributed by atoms with Gasteiger partial charge in [-0.2, -0.15) is 0 Å². The van der Waals surface area contributed by atoms with Gasteiger partial charge in [0.25, 0.3) is 0 Å². The van der Waals surface area contributed by atoms with Crippen LogP contribution in [0.4, 0.5) is 5.82 Å². The van der Waals surface area contributed by atoms with E-state index in [1.54, 1.807) is 18.3 Å². The summed E-state index contributed by atoms with van der Waals surface area (Å²) in [4.78, 5) is 3.90. The summed E-state index contributed by atoms with van der Waals surface area (Å²) in [5.41, 5.74) is 5.54. The van der Waals surface area contributed by atoms with Gasteiger partial charge in [-0.15, -0.1) is 0 Å². The van der Waals surface area contributed by atoms with Crippen molar-refractivity contribution in [2.75, 3.05) is 18.9 Å². The van der Waals surface area contributed by atoms with Crippen molar-refractivity contribution in [3.63, 3.8) is 0 Å². The molecule has 15 heavy (non-hydrogen) atoms. The molecule has 1 saturated heterocycles. The standard InChI is InChI=1S/C11H16N2O2/c12-11-7-9(4-5-13-11)15-8-10-3-1-2-6-14-10/h4-5,7,10H,1-3,6,8H2,(H2,12,13). The second kappa shape index (κ2) is 4.98. The molecule has 0 radical (unpaired) electrons. The van der Waals surface area contributed by atoms with E-state index < -0.39 is 0 Å². The van der Waals surface area contributed by atoms with Crippen LogP contribution in [0.25, 0.3) is 0 Å². The van der Waals surface area contributed by atoms with Gasteiger partial charge in [0.15, 0.2) is 0 Å². The van der Waals surface area contributed by atoms with Crippen molar-refractivity contribution in [1.29, 1.82) is 0 Å². The molecule has 1 aromatic heterocycles. The van der Waals surface area contributed by atoms with Crippen molar-refractivity contribution in [3.8, 4) is 5.75 Å². The maximum atomic E-state index is 5.58. The van der Waals surface area contributed by atoms with Crippen LogP contribution in [0.3, 0.4) is 0 Å². The molecule has 0 saturated carbocycles. The van der Waals surface area contributed by atoms with E-state index in [4.69, 9.17) is 15.2 Å². The number of nitrogens with two attached hydrogens (primary N) is 1. The number of nitrogens with zero attached hydrogens (tertiary/aromatic N) is 1. The largest absolute Gasteiger partial charge is 0.491 e. The minimum atomic E-state index is 0.230. The van der Waals surface area contributed by atoms with Gasteiger partial charge in [-0.25, -0.2) is 4.98 Å². The Morgan fingerprint density at radius 1 is 1.53 bits per heavy atom. The van der Waals surface area contributed by atoms with Crippen molar-refractivity contribution in [1.82, 2.24) is 4.98 Å². The SMILES string of the molecule is Nc1cc(OCC2CCCCO2)ccn1. The van der Waals surface area contributed by atoms with Gasteiger partial charge >= 0.3 is 0 Å². The molecule has 1 fully saturated rings. The molecule has 0 aliphatic carbocycles. The highest BCUT2D eigenvalue weighted by Gasteiger charge is 2.14. The fourth-order valence-electron chi connectivity index (χ4n) is 1.65. The van der Waals surface area contributed by atoms with Crippen LogP contribution >= 0.6 is 0 Å². The number of pyridine rings is 1. The van der Waals surface area contributed by atoms with Crippen LogP contribution in [0.5, 0.6) is 5.75 Å². The topological polar surface area (TPSA) is 57.4 Å². The van der Waals surface area contributed by atoms with Gasteiger partial charge in [-0.1, -0.05) is 0 Å². The normalized spacial score (nSPS) is 21.2. The number of aromatic nitrogens is 1. The summed E-state index contributed by atoms with van der Waals surface area (Å²) in [6.45, 7) is 1.45. The molecule has 82 valence electrons. The van der Waals surface area contributed by atoms with Crippen molar-refractivity contribution in [2.24, 2.45) is 0 Å². The van der Waals surface area contributed by atoms with Gasteiger partial charge in [0.2, 0.25) is 0 Å². The Kier molecular flexibility index (Phi) is 3.40. The molecule has 2 heterocycles. The van der Waals surface area contributed by atoms with Crippen molar-refractivity contribution >= 4 is 5.82 Å². The molecule has 1 aliphatic heterocycles. The predicted octanol–water partition coefficient (Wildman–Crippen LogP) is 1.61. The van der Waals surface area contributed by atoms with Gasteiger partial charge in [-0.05, 0) is 25.3 Å². The third-order valence-electron chi connectivity index (χ3n) is 2.46. The Morgan fingerprint density at radius 2 is 2.47 bits per heavy atom. The minimum Gasteiger partial charge on any atom is -0.491 e. The predicted molar refractivity (Wildman–Crippen MR) is 57.7 cm³/mol. The molecular weight excluding hydrogens is 192 g/mol. The molecule has 1 aliphatic rings. The lowest BCUT2D eigenvalue weighted by molar-refractivity contribution is -0.0110. The maximum Gasteiger partial charge on any atom is 0.126 e. The van der Waals surface area contributed by atoms with Crippen LogP contribution in [0.2, 0.25) is 0 Å². The Balaban J connectivity index is 1.81. The van der Waals surface area contributed by atoms with Gasteiger partial charge in [0.1, 0.15) is 18.2 Å². The second-order valence-electron chi connectivity index (χ2n) is 3.72. The first kappa shape index (κ1) is 10.2. The first-order valence-electron chi connectivity index (χ1n) is 5.30. The summed E-state index contributed by atoms with van der Waals surface area (Å²) in [5.74, 6) is 1.24. The molecule has 1 unspecified atom stereocenters. The van der Waals surface area contributed by atoms with Crippen LogP contribution in [0.1, 0.15) is 19.3 Å². The van der Waals surface area contributed by atoms with E-state index in [1.165, 1.54) is 12.8 Å². The quantitative estimate of drug-likeness (QED) is 0.819. The van der Waals surface area contributed by atoms with Crippen LogP contribution in [0.15, 0.2) is 18.3 Å². The van der Waals surface area contributed by atoms with E-state index in [-0.39, 0.29) is 6.10 Å². The molecule has 1 atom stereocenters. The molecule has 0 bridgehead atoms. The monoisotopic (exact) mass is 208 g/mol. The maximum absolute atomic E-state index is 5.58. The summed E-state index contributed by atoms with van der Waals surface area (Å²) >= 11 is 0. The molecule has 1 aromatic rings. The summed E-state index contributed by atoms with van der Waals surface area (Å²) in [6.07, 6.45) is 5.35. The van der Waals surface area contributed by atoms with Crippen LogP contribution in [-0.4, -0.2) is 24.3 Å². The highest BCUT2D eigenvalue weighted by molar-refractivity contribution is 5.35. The third kappa shape index (κ3) is 3.09. The fraction of sp³-hybridized carbons (Fsp3) is 0.545. The zero-order chi connectivity index (χ0) is 10.5. The molecule has 4 nitrogen and oxygen atoms in total. The van der Waals surface area contributed by atoms with Crippen LogP contribution in [-0.2, 0) is 4.74 Å². The lowest BCUT2D eigenvalue weighted by Gasteiger charge is -2.22. The minimum absolute atomic E-state index is 0.230. The smallest absolute Gasteiger partial charge is 0.126 e. The molecule has 0 spiro atoms. The zero-order valence-electron chi connectivity index (χ0n) is 8.69. The zero-order valence-corrected chi connectivity index (χ0v) is 8.69. The molecule has 2 N–H and O–H groups in total. The van der Waals surface area contributed by atoms with E-state index in [1.807, 2.05) is 0 Å². The van der Waals surface area contributed by atoms with E-state index in [9.17, 15) is 0 Å². The number of anilines is 1. The van der Waals surface area contributed by atoms with E-state index in [0.29, 0.717) is 12.4 Å². The lowest BCUT2D eigenvalue weighted by atomic mass is 10.1. The van der Waals surface area contributed by atoms with E-state index in [2.05, 4.69) is 4.98 Å². The lowest BCUT2D eigenvalue weighted by Crippen LogP contribution is -2.25. The van der Waals surface area contributed by atoms with E-state index in [0.717, 1.165) is 18.8 Å². The Morgan fingerprint density at radius 3 is 3.20 bits per heavy atom. The van der Waals surface area contributed by atoms with Gasteiger partial charge in [0, 0.05) is 18.9 Å². The summed E-state index contributed by atoms with van der Waals surface area (Å²) in [6, 6.07) is 3.53. The third-order valence-corrected chi connectivity index (χ3v) is 2.46. The molecule has 0 amide bonds. The summed E-state index contributed by atoms with van der Waals surface area (Å²) < 4.78 is 11.1. The second-order valence-corrected chi connectivity index (χ2v) is 3.72. The number of hydrogen-bond donors (Lipinski definition) is 1. The number of rotatable bonds is 3. The Labute approximate surface area is 89.4 Å². The Hall–Kier alpha value is -1.29. The number of nitrogen functional groups attached to an aromatic ring is 1. The highest BCUT2D eigenvalue weighted by Crippen LogP contribution is 2.16. The fourth-order valence-corrected chi connectivity index (χ4v) is 1.65. The first-order chi connectivity index (χ1) is 7.34. The summed E-state index contributed by atoms with van der Waals surface area (Å²) in [5, 5.41) is 0. The summed E-state index contributed by atoms with van der Waals surface area (Å²) in [7, 11) is 0. The van der Waals surface area contributed by atoms with Crippen molar-refractivity contribution in [3.05, 3.63) is 18.3 Å². The van der Waals surface area contributed by atoms with Crippen molar-refractivity contribution in [2.45, 2.75) is 25.4 Å². The highest BCUT2D eigenvalue weighted by atomic mass is 16.5. The van der Waals surface area contributed by atoms with Gasteiger partial charge in [-0.3, -0.25) is 0 Å². The van der Waals surface area contributed by atoms with Gasteiger partial charge < -0.3 is 15.2 Å². The Bertz CT molecular complexity index is 311. The molecule has 0 aromatic carbocycles. The molecule has 4 heteroatoms. The molecule has 2 rings (SSSR count). The van der Waals surface area contributed by atoms with Gasteiger partial charge in [0.05, 0.1) is 6.10 Å². The number of ether oxygens (including phenoxy) is 2. The first-order valence-corrected chi connectivity index (χ1v) is 5.30.